The third-order valence-corrected chi connectivity index (χ3v) is 7.55. The van der Waals surface area contributed by atoms with Crippen molar-refractivity contribution >= 4 is 28.3 Å². The molecule has 3 aromatic heterocycles. The van der Waals surface area contributed by atoms with E-state index in [1.54, 1.807) is 13.8 Å². The number of aryl methyl sites for hydroxylation is 2. The van der Waals surface area contributed by atoms with Crippen molar-refractivity contribution in [3.63, 3.8) is 0 Å². The van der Waals surface area contributed by atoms with Crippen LogP contribution in [0, 0.1) is 12.7 Å². The molecule has 3 aromatic rings. The lowest BCUT2D eigenvalue weighted by molar-refractivity contribution is 0.0524. The molecule has 33 heavy (non-hydrogen) atoms. The summed E-state index contributed by atoms with van der Waals surface area (Å²) in [4.78, 5) is 34.8. The predicted octanol–water partition coefficient (Wildman–Crippen LogP) is 5.77. The highest BCUT2D eigenvalue weighted by atomic mass is 32.1. The lowest BCUT2D eigenvalue weighted by Gasteiger charge is -2.16. The van der Waals surface area contributed by atoms with Crippen LogP contribution in [0.1, 0.15) is 71.1 Å². The Bertz CT molecular complexity index is 1400. The van der Waals surface area contributed by atoms with Crippen LogP contribution in [-0.4, -0.2) is 22.1 Å². The van der Waals surface area contributed by atoms with Crippen LogP contribution in [0.5, 0.6) is 0 Å². The fraction of sp³-hybridized carbons (Fsp3) is 0.435. The Morgan fingerprint density at radius 1 is 1.42 bits per heavy atom. The molecular weight excluding hydrogens is 445 g/mol. The minimum Gasteiger partial charge on any atom is -0.462 e. The number of azide groups is 1. The van der Waals surface area contributed by atoms with E-state index in [4.69, 9.17) is 10.3 Å². The second-order valence-corrected chi connectivity index (χ2v) is 9.53. The Balaban J connectivity index is 1.73. The summed E-state index contributed by atoms with van der Waals surface area (Å²) in [6, 6.07) is 1.78. The van der Waals surface area contributed by atoms with Crippen molar-refractivity contribution in [2.45, 2.75) is 58.0 Å². The van der Waals surface area contributed by atoms with E-state index in [1.165, 1.54) is 17.5 Å². The molecule has 0 aromatic carbocycles. The highest BCUT2D eigenvalue weighted by Crippen LogP contribution is 2.43. The Labute approximate surface area is 192 Å². The topological polar surface area (TPSA) is 110 Å². The first-order valence-electron chi connectivity index (χ1n) is 11.0. The van der Waals surface area contributed by atoms with E-state index in [0.29, 0.717) is 10.5 Å². The molecule has 10 heteroatoms. The summed E-state index contributed by atoms with van der Waals surface area (Å²) < 4.78 is 22.5. The molecule has 1 atom stereocenters. The van der Waals surface area contributed by atoms with E-state index < -0.39 is 17.2 Å². The molecular formula is C23H22FN5O3S. The Morgan fingerprint density at radius 3 is 2.91 bits per heavy atom. The molecule has 0 saturated heterocycles. The van der Waals surface area contributed by atoms with E-state index in [0.717, 1.165) is 42.5 Å². The summed E-state index contributed by atoms with van der Waals surface area (Å²) in [6.07, 6.45) is 5.81. The number of esters is 1. The van der Waals surface area contributed by atoms with Gasteiger partial charge in [-0.05, 0) is 63.1 Å². The number of pyridine rings is 2. The number of hydrogen-bond acceptors (Lipinski definition) is 6. The van der Waals surface area contributed by atoms with Gasteiger partial charge < -0.3 is 9.30 Å². The number of halogens is 1. The van der Waals surface area contributed by atoms with Gasteiger partial charge in [0.15, 0.2) is 5.82 Å². The average molecular weight is 468 g/mol. The maximum atomic E-state index is 15.6. The average Bonchev–Trinajstić information content (AvgIpc) is 3.54. The number of rotatable bonds is 5. The fourth-order valence-electron chi connectivity index (χ4n) is 4.49. The number of carbonyl (C=O) groups is 1. The van der Waals surface area contributed by atoms with Crippen LogP contribution in [0.2, 0.25) is 0 Å². The Hall–Kier alpha value is -3.23. The molecule has 0 radical (unpaired) electrons. The maximum Gasteiger partial charge on any atom is 0.343 e. The lowest BCUT2D eigenvalue weighted by atomic mass is 9.95. The molecule has 1 saturated carbocycles. The van der Waals surface area contributed by atoms with Crippen molar-refractivity contribution in [1.82, 2.24) is 9.55 Å². The van der Waals surface area contributed by atoms with Crippen molar-refractivity contribution in [2.75, 3.05) is 6.61 Å². The highest BCUT2D eigenvalue weighted by molar-refractivity contribution is 7.15. The summed E-state index contributed by atoms with van der Waals surface area (Å²) in [6.45, 7) is 3.36. The summed E-state index contributed by atoms with van der Waals surface area (Å²) in [5.41, 5.74) is 10.0. The molecule has 1 unspecified atom stereocenters. The molecule has 0 N–H and O–H groups in total. The summed E-state index contributed by atoms with van der Waals surface area (Å²) >= 11 is 1.39. The van der Waals surface area contributed by atoms with E-state index in [-0.39, 0.29) is 40.9 Å². The predicted molar refractivity (Wildman–Crippen MR) is 123 cm³/mol. The largest absolute Gasteiger partial charge is 0.462 e. The van der Waals surface area contributed by atoms with Gasteiger partial charge in [0.2, 0.25) is 5.43 Å². The van der Waals surface area contributed by atoms with E-state index in [9.17, 15) is 9.59 Å². The number of aromatic nitrogens is 2. The van der Waals surface area contributed by atoms with Gasteiger partial charge in [0.05, 0.1) is 22.9 Å². The van der Waals surface area contributed by atoms with Crippen LogP contribution < -0.4 is 5.43 Å². The zero-order chi connectivity index (χ0) is 23.3. The summed E-state index contributed by atoms with van der Waals surface area (Å²) in [7, 11) is 0. The van der Waals surface area contributed by atoms with Crippen LogP contribution in [0.15, 0.2) is 22.2 Å². The SMILES string of the molecule is CCOC(=O)c1cn(C2CC2)c2nc(-c3cc4c(s3)C(N=[N+]=[N-])CCC4)c(F)c(C)c2c1=O. The van der Waals surface area contributed by atoms with Gasteiger partial charge in [-0.25, -0.2) is 14.2 Å². The van der Waals surface area contributed by atoms with Crippen LogP contribution in [0.3, 0.4) is 0 Å². The summed E-state index contributed by atoms with van der Waals surface area (Å²) in [5, 5.41) is 4.02. The minimum absolute atomic E-state index is 0.0999. The molecule has 0 spiro atoms. The van der Waals surface area contributed by atoms with Gasteiger partial charge in [0, 0.05) is 27.6 Å². The molecule has 0 bridgehead atoms. The van der Waals surface area contributed by atoms with Gasteiger partial charge in [-0.15, -0.1) is 11.3 Å². The minimum atomic E-state index is -0.710. The van der Waals surface area contributed by atoms with Gasteiger partial charge in [0.25, 0.3) is 0 Å². The molecule has 170 valence electrons. The number of nitrogens with zero attached hydrogens (tertiary/aromatic N) is 5. The number of fused-ring (bicyclic) bond motifs is 2. The molecule has 3 heterocycles. The second kappa shape index (κ2) is 8.28. The van der Waals surface area contributed by atoms with E-state index >= 15 is 4.39 Å². The fourth-order valence-corrected chi connectivity index (χ4v) is 5.76. The van der Waals surface area contributed by atoms with Crippen LogP contribution >= 0.6 is 11.3 Å². The molecule has 5 rings (SSSR count). The number of hydrogen-bond donors (Lipinski definition) is 0. The van der Waals surface area contributed by atoms with Gasteiger partial charge in [-0.2, -0.15) is 0 Å². The van der Waals surface area contributed by atoms with Crippen molar-refractivity contribution in [3.8, 4) is 10.6 Å². The van der Waals surface area contributed by atoms with Crippen molar-refractivity contribution in [2.24, 2.45) is 5.11 Å². The first-order chi connectivity index (χ1) is 15.9. The van der Waals surface area contributed by atoms with Gasteiger partial charge >= 0.3 is 5.97 Å². The third kappa shape index (κ3) is 3.59. The first kappa shape index (κ1) is 21.6. The Morgan fingerprint density at radius 2 is 2.21 bits per heavy atom. The maximum absolute atomic E-state index is 15.6. The van der Waals surface area contributed by atoms with Crippen molar-refractivity contribution in [1.29, 1.82) is 0 Å². The van der Waals surface area contributed by atoms with E-state index in [1.807, 2.05) is 10.6 Å². The van der Waals surface area contributed by atoms with Crippen molar-refractivity contribution < 1.29 is 13.9 Å². The number of carbonyl (C=O) groups excluding carboxylic acids is 1. The highest BCUT2D eigenvalue weighted by Gasteiger charge is 2.31. The lowest BCUT2D eigenvalue weighted by Crippen LogP contribution is -2.22. The molecule has 2 aliphatic carbocycles. The van der Waals surface area contributed by atoms with Crippen molar-refractivity contribution in [3.05, 3.63) is 60.3 Å². The Kier molecular flexibility index (Phi) is 5.42. The molecule has 1 fully saturated rings. The monoisotopic (exact) mass is 467 g/mol. The second-order valence-electron chi connectivity index (χ2n) is 8.44. The number of thiophene rings is 1. The van der Waals surface area contributed by atoms with Crippen LogP contribution in [0.4, 0.5) is 4.39 Å². The molecule has 0 aliphatic heterocycles. The zero-order valence-corrected chi connectivity index (χ0v) is 19.1. The van der Waals surface area contributed by atoms with Gasteiger partial charge in [-0.3, -0.25) is 4.79 Å². The summed E-state index contributed by atoms with van der Waals surface area (Å²) in [5.74, 6) is -1.29. The van der Waals surface area contributed by atoms with Gasteiger partial charge in [-0.1, -0.05) is 5.11 Å². The normalized spacial score (nSPS) is 17.5. The molecule has 0 amide bonds. The quantitative estimate of drug-likeness (QED) is 0.205. The van der Waals surface area contributed by atoms with Crippen LogP contribution in [-0.2, 0) is 11.2 Å². The molecule has 2 aliphatic rings. The molecule has 8 nitrogen and oxygen atoms in total. The van der Waals surface area contributed by atoms with E-state index in [2.05, 4.69) is 15.0 Å². The smallest absolute Gasteiger partial charge is 0.343 e. The standard InChI is InChI=1S/C23H22FN5O3S/c1-3-32-23(31)14-10-29(13-7-8-13)22-17(20(14)30)11(2)18(24)19(26-22)16-9-12-5-4-6-15(27-28-25)21(12)33-16/h9-10,13,15H,3-8H2,1-2H3. The number of ether oxygens (including phenoxy) is 1. The van der Waals surface area contributed by atoms with Gasteiger partial charge in [0.1, 0.15) is 16.9 Å². The first-order valence-corrected chi connectivity index (χ1v) is 11.9. The third-order valence-electron chi connectivity index (χ3n) is 6.27. The zero-order valence-electron chi connectivity index (χ0n) is 18.3. The van der Waals surface area contributed by atoms with Crippen LogP contribution in [0.25, 0.3) is 32.0 Å².